The molecule has 3 rings (SSSR count). The van der Waals surface area contributed by atoms with Gasteiger partial charge in [0.2, 0.25) is 0 Å². The van der Waals surface area contributed by atoms with Crippen LogP contribution < -0.4 is 10.1 Å². The van der Waals surface area contributed by atoms with E-state index in [1.54, 1.807) is 18.2 Å². The van der Waals surface area contributed by atoms with E-state index in [1.165, 1.54) is 7.11 Å². The van der Waals surface area contributed by atoms with Crippen LogP contribution in [0.4, 0.5) is 0 Å². The van der Waals surface area contributed by atoms with E-state index in [0.29, 0.717) is 51.2 Å². The zero-order valence-corrected chi connectivity index (χ0v) is 25.8. The maximum absolute atomic E-state index is 13.6. The summed E-state index contributed by atoms with van der Waals surface area (Å²) >= 11 is 18.9. The third kappa shape index (κ3) is 6.65. The Bertz CT molecular complexity index is 1360. The van der Waals surface area contributed by atoms with Crippen molar-refractivity contribution in [3.63, 3.8) is 0 Å². The number of rotatable bonds is 9. The molecular weight excluding hydrogens is 559 g/mol. The first-order valence-corrected chi connectivity index (χ1v) is 16.4. The highest BCUT2D eigenvalue weighted by Crippen LogP contribution is 2.38. The Hall–Kier alpha value is -2.27. The zero-order chi connectivity index (χ0) is 28.3. The van der Waals surface area contributed by atoms with Gasteiger partial charge in [-0.15, -0.1) is 0 Å². The molecule has 0 unspecified atom stereocenters. The first kappa shape index (κ1) is 30.3. The molecule has 0 saturated carbocycles. The van der Waals surface area contributed by atoms with E-state index in [0.717, 1.165) is 10.9 Å². The second-order valence-corrected chi connectivity index (χ2v) is 16.8. The third-order valence-electron chi connectivity index (χ3n) is 7.28. The van der Waals surface area contributed by atoms with Crippen molar-refractivity contribution >= 4 is 59.8 Å². The standard InChI is InChI=1S/C29H33Cl3N2O3Si/c1-29(2,3)38(5,6)37-12-11-19(20-14-23(30)26(32)24(31)15-20)17-34-28(35)25-22-10-8-7-9-18(22)13-21(16-33)27(25)36-4/h7-10,13-15,19H,11-12,17H2,1-6H3,(H,34,35)/t19-/m1/s1. The largest absolute Gasteiger partial charge is 0.495 e. The van der Waals surface area contributed by atoms with Gasteiger partial charge in [0.05, 0.1) is 33.3 Å². The van der Waals surface area contributed by atoms with Gasteiger partial charge in [0.1, 0.15) is 11.8 Å². The van der Waals surface area contributed by atoms with E-state index >= 15 is 0 Å². The fourth-order valence-corrected chi connectivity index (χ4v) is 5.70. The van der Waals surface area contributed by atoms with Crippen molar-refractivity contribution in [1.29, 1.82) is 5.26 Å². The molecule has 1 N–H and O–H groups in total. The molecular formula is C29H33Cl3N2O3Si. The smallest absolute Gasteiger partial charge is 0.255 e. The molecule has 0 heterocycles. The topological polar surface area (TPSA) is 71.3 Å². The van der Waals surface area contributed by atoms with Crippen LogP contribution in [-0.2, 0) is 4.43 Å². The normalized spacial score (nSPS) is 12.7. The van der Waals surface area contributed by atoms with Crippen LogP contribution in [0.2, 0.25) is 33.2 Å². The number of benzene rings is 3. The fourth-order valence-electron chi connectivity index (χ4n) is 4.02. The van der Waals surface area contributed by atoms with Crippen molar-refractivity contribution in [2.45, 2.75) is 51.2 Å². The van der Waals surface area contributed by atoms with Crippen LogP contribution in [0.5, 0.6) is 5.75 Å². The fraction of sp³-hybridized carbons (Fsp3) is 0.379. The summed E-state index contributed by atoms with van der Waals surface area (Å²) in [5.41, 5.74) is 1.48. The molecule has 3 aromatic carbocycles. The van der Waals surface area contributed by atoms with E-state index in [-0.39, 0.29) is 22.6 Å². The number of fused-ring (bicyclic) bond motifs is 1. The van der Waals surface area contributed by atoms with Crippen molar-refractivity contribution < 1.29 is 14.0 Å². The van der Waals surface area contributed by atoms with Gasteiger partial charge >= 0.3 is 0 Å². The van der Waals surface area contributed by atoms with Crippen LogP contribution >= 0.6 is 34.8 Å². The van der Waals surface area contributed by atoms with Crippen LogP contribution in [0.25, 0.3) is 10.8 Å². The van der Waals surface area contributed by atoms with E-state index in [4.69, 9.17) is 44.0 Å². The number of methoxy groups -OCH3 is 1. The monoisotopic (exact) mass is 590 g/mol. The molecule has 0 radical (unpaired) electrons. The van der Waals surface area contributed by atoms with Gasteiger partial charge in [-0.2, -0.15) is 5.26 Å². The quantitative estimate of drug-likeness (QED) is 0.200. The summed E-state index contributed by atoms with van der Waals surface area (Å²) in [6.45, 7) is 11.8. The predicted octanol–water partition coefficient (Wildman–Crippen LogP) is 8.61. The summed E-state index contributed by atoms with van der Waals surface area (Å²) in [5, 5.41) is 15.3. The molecule has 0 bridgehead atoms. The minimum atomic E-state index is -1.96. The van der Waals surface area contributed by atoms with Crippen molar-refractivity contribution in [3.8, 4) is 11.8 Å². The Morgan fingerprint density at radius 3 is 2.32 bits per heavy atom. The SMILES string of the molecule is COc1c(C#N)cc2ccccc2c1C(=O)NC[C@@H](CCO[Si](C)(C)C(C)(C)C)c1cc(Cl)c(Cl)c(Cl)c1. The number of carbonyl (C=O) groups is 1. The van der Waals surface area contributed by atoms with E-state index in [1.807, 2.05) is 24.3 Å². The molecule has 3 aromatic rings. The van der Waals surface area contributed by atoms with Crippen LogP contribution in [0.1, 0.15) is 54.6 Å². The molecule has 5 nitrogen and oxygen atoms in total. The molecule has 1 atom stereocenters. The molecule has 0 spiro atoms. The molecule has 0 aliphatic carbocycles. The number of hydrogen-bond acceptors (Lipinski definition) is 4. The van der Waals surface area contributed by atoms with Gasteiger partial charge < -0.3 is 14.5 Å². The van der Waals surface area contributed by atoms with Gasteiger partial charge in [-0.1, -0.05) is 79.8 Å². The van der Waals surface area contributed by atoms with Crippen molar-refractivity contribution in [2.24, 2.45) is 0 Å². The second kappa shape index (κ2) is 12.3. The van der Waals surface area contributed by atoms with E-state index < -0.39 is 8.32 Å². The summed E-state index contributed by atoms with van der Waals surface area (Å²) in [6, 6.07) is 14.9. The van der Waals surface area contributed by atoms with Gasteiger partial charge in [-0.3, -0.25) is 4.79 Å². The number of ether oxygens (including phenoxy) is 1. The van der Waals surface area contributed by atoms with Crippen molar-refractivity contribution in [3.05, 3.63) is 74.2 Å². The number of nitrogens with one attached hydrogen (secondary N) is 1. The average Bonchev–Trinajstić information content (AvgIpc) is 2.86. The van der Waals surface area contributed by atoms with Gasteiger partial charge in [-0.05, 0) is 59.1 Å². The minimum Gasteiger partial charge on any atom is -0.495 e. The second-order valence-electron chi connectivity index (χ2n) is 10.8. The summed E-state index contributed by atoms with van der Waals surface area (Å²) in [7, 11) is -0.503. The van der Waals surface area contributed by atoms with Crippen LogP contribution in [0.3, 0.4) is 0 Å². The summed E-state index contributed by atoms with van der Waals surface area (Å²) in [6.07, 6.45) is 0.636. The highest BCUT2D eigenvalue weighted by Gasteiger charge is 2.37. The zero-order valence-electron chi connectivity index (χ0n) is 22.5. The molecule has 202 valence electrons. The van der Waals surface area contributed by atoms with Crippen molar-refractivity contribution in [1.82, 2.24) is 5.32 Å². The van der Waals surface area contributed by atoms with Crippen LogP contribution in [0, 0.1) is 11.3 Å². The van der Waals surface area contributed by atoms with Crippen LogP contribution in [-0.4, -0.2) is 34.5 Å². The molecule has 0 aromatic heterocycles. The Labute approximate surface area is 241 Å². The van der Waals surface area contributed by atoms with E-state index in [2.05, 4.69) is 45.3 Å². The Morgan fingerprint density at radius 2 is 1.74 bits per heavy atom. The lowest BCUT2D eigenvalue weighted by Gasteiger charge is -2.36. The number of hydrogen-bond donors (Lipinski definition) is 1. The first-order chi connectivity index (χ1) is 17.8. The number of carbonyl (C=O) groups excluding carboxylic acids is 1. The molecule has 9 heteroatoms. The van der Waals surface area contributed by atoms with Crippen LogP contribution in [0.15, 0.2) is 42.5 Å². The van der Waals surface area contributed by atoms with Gasteiger partial charge in [0, 0.05) is 19.1 Å². The minimum absolute atomic E-state index is 0.0764. The van der Waals surface area contributed by atoms with E-state index in [9.17, 15) is 10.1 Å². The first-order valence-electron chi connectivity index (χ1n) is 12.4. The molecule has 0 fully saturated rings. The average molecular weight is 592 g/mol. The highest BCUT2D eigenvalue weighted by molar-refractivity contribution is 6.74. The maximum Gasteiger partial charge on any atom is 0.255 e. The molecule has 0 aliphatic heterocycles. The maximum atomic E-state index is 13.6. The van der Waals surface area contributed by atoms with Gasteiger partial charge in [0.15, 0.2) is 8.32 Å². The highest BCUT2D eigenvalue weighted by atomic mass is 35.5. The van der Waals surface area contributed by atoms with Crippen molar-refractivity contribution in [2.75, 3.05) is 20.3 Å². The Kier molecular flexibility index (Phi) is 9.78. The Morgan fingerprint density at radius 1 is 1.11 bits per heavy atom. The summed E-state index contributed by atoms with van der Waals surface area (Å²) in [4.78, 5) is 13.6. The third-order valence-corrected chi connectivity index (χ3v) is 13.0. The van der Waals surface area contributed by atoms with Gasteiger partial charge in [-0.25, -0.2) is 0 Å². The summed E-state index contributed by atoms with van der Waals surface area (Å²) in [5.74, 6) is -0.233. The van der Waals surface area contributed by atoms with Gasteiger partial charge in [0.25, 0.3) is 5.91 Å². The number of nitriles is 1. The summed E-state index contributed by atoms with van der Waals surface area (Å²) < 4.78 is 11.9. The lowest BCUT2D eigenvalue weighted by molar-refractivity contribution is 0.0948. The number of nitrogens with zero attached hydrogens (tertiary/aromatic N) is 1. The molecule has 38 heavy (non-hydrogen) atoms. The predicted molar refractivity (Wildman–Crippen MR) is 160 cm³/mol. The molecule has 0 aliphatic rings. The number of halogens is 3. The number of amides is 1. The lowest BCUT2D eigenvalue weighted by Crippen LogP contribution is -2.41. The molecule has 1 amide bonds. The Balaban J connectivity index is 1.92. The lowest BCUT2D eigenvalue weighted by atomic mass is 9.95. The molecule has 0 saturated heterocycles.